The summed E-state index contributed by atoms with van der Waals surface area (Å²) in [6.07, 6.45) is 1.75. The van der Waals surface area contributed by atoms with Crippen molar-refractivity contribution in [2.45, 2.75) is 71.2 Å². The van der Waals surface area contributed by atoms with Crippen molar-refractivity contribution in [3.63, 3.8) is 0 Å². The number of thiophene rings is 1. The molecule has 1 aliphatic heterocycles. The number of hydrogen-bond acceptors (Lipinski definition) is 4. The summed E-state index contributed by atoms with van der Waals surface area (Å²) in [5.74, 6) is 0. The van der Waals surface area contributed by atoms with Gasteiger partial charge in [0.05, 0.1) is 0 Å². The molecule has 1 saturated heterocycles. The average Bonchev–Trinajstić information content (AvgIpc) is 2.90. The molecular formula is C17H28N2O2S. The molecule has 1 aromatic heterocycles. The molecule has 0 aliphatic carbocycles. The van der Waals surface area contributed by atoms with E-state index in [1.165, 1.54) is 5.56 Å². The van der Waals surface area contributed by atoms with E-state index in [1.54, 1.807) is 11.3 Å². The van der Waals surface area contributed by atoms with Gasteiger partial charge in [-0.2, -0.15) is 11.3 Å². The van der Waals surface area contributed by atoms with Crippen molar-refractivity contribution >= 4 is 17.4 Å². The van der Waals surface area contributed by atoms with Crippen molar-refractivity contribution in [1.29, 1.82) is 0 Å². The van der Waals surface area contributed by atoms with Crippen LogP contribution in [0.25, 0.3) is 0 Å². The third-order valence-electron chi connectivity index (χ3n) is 4.03. The lowest BCUT2D eigenvalue weighted by Gasteiger charge is -2.39. The van der Waals surface area contributed by atoms with E-state index in [1.807, 2.05) is 25.7 Å². The number of nitrogens with one attached hydrogen (secondary N) is 1. The molecule has 1 N–H and O–H groups in total. The van der Waals surface area contributed by atoms with Crippen LogP contribution in [0.5, 0.6) is 0 Å². The van der Waals surface area contributed by atoms with Crippen LogP contribution in [0.15, 0.2) is 16.8 Å². The van der Waals surface area contributed by atoms with E-state index in [9.17, 15) is 4.79 Å². The number of amides is 1. The van der Waals surface area contributed by atoms with Crippen molar-refractivity contribution in [3.8, 4) is 0 Å². The average molecular weight is 324 g/mol. The van der Waals surface area contributed by atoms with E-state index < -0.39 is 5.60 Å². The summed E-state index contributed by atoms with van der Waals surface area (Å²) in [7, 11) is 0. The van der Waals surface area contributed by atoms with Crippen molar-refractivity contribution in [1.82, 2.24) is 10.2 Å². The van der Waals surface area contributed by atoms with Crippen LogP contribution in [-0.4, -0.2) is 35.2 Å². The lowest BCUT2D eigenvalue weighted by atomic mass is 9.97. The molecule has 3 atom stereocenters. The molecule has 3 unspecified atom stereocenters. The summed E-state index contributed by atoms with van der Waals surface area (Å²) in [6, 6.07) is 3.18. The first-order valence-electron chi connectivity index (χ1n) is 8.04. The number of carbonyl (C=O) groups excluding carboxylic acids is 1. The maximum absolute atomic E-state index is 12.2. The van der Waals surface area contributed by atoms with E-state index in [0.717, 1.165) is 19.4 Å². The summed E-state index contributed by atoms with van der Waals surface area (Å²) < 4.78 is 5.49. The number of ether oxygens (including phenoxy) is 1. The second-order valence-electron chi connectivity index (χ2n) is 7.19. The van der Waals surface area contributed by atoms with Crippen LogP contribution in [-0.2, 0) is 4.74 Å². The number of rotatable bonds is 3. The molecule has 1 amide bonds. The summed E-state index contributed by atoms with van der Waals surface area (Å²) in [4.78, 5) is 14.1. The Morgan fingerprint density at radius 1 is 1.50 bits per heavy atom. The van der Waals surface area contributed by atoms with Gasteiger partial charge in [-0.25, -0.2) is 4.79 Å². The second kappa shape index (κ2) is 7.01. The highest BCUT2D eigenvalue weighted by molar-refractivity contribution is 7.07. The number of nitrogens with zero attached hydrogens (tertiary/aromatic N) is 1. The quantitative estimate of drug-likeness (QED) is 0.906. The maximum Gasteiger partial charge on any atom is 0.410 e. The number of hydrogen-bond donors (Lipinski definition) is 1. The first kappa shape index (κ1) is 17.3. The minimum absolute atomic E-state index is 0.190. The fourth-order valence-electron chi connectivity index (χ4n) is 2.89. The highest BCUT2D eigenvalue weighted by atomic mass is 32.1. The lowest BCUT2D eigenvalue weighted by Crippen LogP contribution is -2.51. The summed E-state index contributed by atoms with van der Waals surface area (Å²) in [6.45, 7) is 10.8. The van der Waals surface area contributed by atoms with Gasteiger partial charge in [0.2, 0.25) is 0 Å². The van der Waals surface area contributed by atoms with Crippen LogP contribution in [0.4, 0.5) is 4.79 Å². The minimum atomic E-state index is -0.431. The third kappa shape index (κ3) is 4.71. The Hall–Kier alpha value is -1.07. The zero-order chi connectivity index (χ0) is 16.3. The number of likely N-dealkylation sites (tertiary alicyclic amines) is 1. The molecule has 1 fully saturated rings. The van der Waals surface area contributed by atoms with Crippen LogP contribution >= 0.6 is 11.3 Å². The van der Waals surface area contributed by atoms with E-state index in [4.69, 9.17) is 4.74 Å². The normalized spacial score (nSPS) is 24.1. The molecule has 124 valence electrons. The topological polar surface area (TPSA) is 41.6 Å². The fraction of sp³-hybridized carbons (Fsp3) is 0.706. The SMILES string of the molecule is CC(NC1CCN(C(=O)OC(C)(C)C)C(C)C1)c1ccsc1. The Kier molecular flexibility index (Phi) is 5.50. The van der Waals surface area contributed by atoms with E-state index in [-0.39, 0.29) is 12.1 Å². The van der Waals surface area contributed by atoms with Crippen LogP contribution < -0.4 is 5.32 Å². The Morgan fingerprint density at radius 2 is 2.23 bits per heavy atom. The minimum Gasteiger partial charge on any atom is -0.444 e. The molecule has 0 bridgehead atoms. The number of carbonyl (C=O) groups is 1. The van der Waals surface area contributed by atoms with Gasteiger partial charge in [-0.05, 0) is 69.9 Å². The van der Waals surface area contributed by atoms with Crippen molar-refractivity contribution < 1.29 is 9.53 Å². The molecule has 4 nitrogen and oxygen atoms in total. The molecule has 2 heterocycles. The van der Waals surface area contributed by atoms with Crippen LogP contribution in [0.1, 0.15) is 59.1 Å². The zero-order valence-corrected chi connectivity index (χ0v) is 15.1. The Balaban J connectivity index is 1.86. The highest BCUT2D eigenvalue weighted by Gasteiger charge is 2.32. The van der Waals surface area contributed by atoms with E-state index >= 15 is 0 Å². The van der Waals surface area contributed by atoms with E-state index in [2.05, 4.69) is 36.0 Å². The smallest absolute Gasteiger partial charge is 0.410 e. The lowest BCUT2D eigenvalue weighted by molar-refractivity contribution is 0.00905. The largest absolute Gasteiger partial charge is 0.444 e. The maximum atomic E-state index is 12.2. The standard InChI is InChI=1S/C17H28N2O2S/c1-12-10-15(18-13(2)14-7-9-22-11-14)6-8-19(12)16(20)21-17(3,4)5/h7,9,11-13,15,18H,6,8,10H2,1-5H3. The molecule has 1 aromatic rings. The third-order valence-corrected chi connectivity index (χ3v) is 4.73. The van der Waals surface area contributed by atoms with E-state index in [0.29, 0.717) is 12.1 Å². The van der Waals surface area contributed by atoms with Gasteiger partial charge in [-0.15, -0.1) is 0 Å². The molecule has 0 saturated carbocycles. The van der Waals surface area contributed by atoms with Crippen LogP contribution in [0, 0.1) is 0 Å². The van der Waals surface area contributed by atoms with Gasteiger partial charge >= 0.3 is 6.09 Å². The van der Waals surface area contributed by atoms with Crippen molar-refractivity contribution in [3.05, 3.63) is 22.4 Å². The molecule has 0 spiro atoms. The highest BCUT2D eigenvalue weighted by Crippen LogP contribution is 2.23. The van der Waals surface area contributed by atoms with Gasteiger partial charge in [-0.1, -0.05) is 0 Å². The van der Waals surface area contributed by atoms with Gasteiger partial charge in [-0.3, -0.25) is 0 Å². The summed E-state index contributed by atoms with van der Waals surface area (Å²) >= 11 is 1.73. The van der Waals surface area contributed by atoms with Gasteiger partial charge in [0.25, 0.3) is 0 Å². The first-order valence-corrected chi connectivity index (χ1v) is 8.98. The van der Waals surface area contributed by atoms with Gasteiger partial charge in [0, 0.05) is 24.7 Å². The summed E-state index contributed by atoms with van der Waals surface area (Å²) in [5.41, 5.74) is 0.909. The summed E-state index contributed by atoms with van der Waals surface area (Å²) in [5, 5.41) is 7.99. The zero-order valence-electron chi connectivity index (χ0n) is 14.3. The van der Waals surface area contributed by atoms with Crippen molar-refractivity contribution in [2.24, 2.45) is 0 Å². The van der Waals surface area contributed by atoms with Crippen LogP contribution in [0.2, 0.25) is 0 Å². The Morgan fingerprint density at radius 3 is 2.77 bits per heavy atom. The predicted octanol–water partition coefficient (Wildman–Crippen LogP) is 4.19. The molecule has 0 radical (unpaired) electrons. The Bertz CT molecular complexity index is 481. The van der Waals surface area contributed by atoms with Gasteiger partial charge in [0.1, 0.15) is 5.60 Å². The molecule has 22 heavy (non-hydrogen) atoms. The molecular weight excluding hydrogens is 296 g/mol. The fourth-order valence-corrected chi connectivity index (χ4v) is 3.64. The molecule has 2 rings (SSSR count). The van der Waals surface area contributed by atoms with Gasteiger partial charge in [0.15, 0.2) is 0 Å². The Labute approximate surface area is 137 Å². The number of piperidine rings is 1. The first-order chi connectivity index (χ1) is 10.3. The molecule has 5 heteroatoms. The monoisotopic (exact) mass is 324 g/mol. The van der Waals surface area contributed by atoms with Crippen molar-refractivity contribution in [2.75, 3.05) is 6.54 Å². The van der Waals surface area contributed by atoms with Crippen LogP contribution in [0.3, 0.4) is 0 Å². The molecule has 1 aliphatic rings. The second-order valence-corrected chi connectivity index (χ2v) is 7.97. The molecule has 0 aromatic carbocycles. The predicted molar refractivity (Wildman–Crippen MR) is 91.3 cm³/mol. The van der Waals surface area contributed by atoms with Gasteiger partial charge < -0.3 is 15.0 Å².